The Balaban J connectivity index is 1.89. The standard InChI is InChI=1S/C12H13N3O2/c1-14-8-13-15(12(14)16)6-9-7-17-11-5-3-2-4-10(9)11/h2-5,8-9H,6-7H2,1H3. The van der Waals surface area contributed by atoms with Crippen molar-refractivity contribution in [3.05, 3.63) is 46.6 Å². The van der Waals surface area contributed by atoms with Gasteiger partial charge in [-0.1, -0.05) is 18.2 Å². The molecule has 0 amide bonds. The van der Waals surface area contributed by atoms with Crippen LogP contribution < -0.4 is 10.4 Å². The summed E-state index contributed by atoms with van der Waals surface area (Å²) in [7, 11) is 1.70. The largest absolute Gasteiger partial charge is 0.493 e. The maximum Gasteiger partial charge on any atom is 0.345 e. The molecule has 5 heteroatoms. The second-order valence-electron chi connectivity index (χ2n) is 4.25. The lowest BCUT2D eigenvalue weighted by molar-refractivity contribution is 0.313. The molecule has 1 unspecified atom stereocenters. The minimum absolute atomic E-state index is 0.0885. The fraction of sp³-hybridized carbons (Fsp3) is 0.333. The first-order chi connectivity index (χ1) is 8.25. The number of benzene rings is 1. The van der Waals surface area contributed by atoms with Crippen LogP contribution in [-0.4, -0.2) is 21.0 Å². The van der Waals surface area contributed by atoms with E-state index in [4.69, 9.17) is 4.74 Å². The first-order valence-electron chi connectivity index (χ1n) is 5.56. The molecule has 1 aromatic carbocycles. The van der Waals surface area contributed by atoms with Crippen molar-refractivity contribution < 1.29 is 4.74 Å². The number of para-hydroxylation sites is 1. The van der Waals surface area contributed by atoms with E-state index in [2.05, 4.69) is 5.10 Å². The van der Waals surface area contributed by atoms with Crippen LogP contribution in [0.2, 0.25) is 0 Å². The SMILES string of the molecule is Cn1cnn(CC2COc3ccccc32)c1=O. The van der Waals surface area contributed by atoms with Gasteiger partial charge in [-0.2, -0.15) is 5.10 Å². The van der Waals surface area contributed by atoms with E-state index in [1.165, 1.54) is 15.6 Å². The molecule has 5 nitrogen and oxygen atoms in total. The van der Waals surface area contributed by atoms with Gasteiger partial charge in [-0.25, -0.2) is 9.48 Å². The van der Waals surface area contributed by atoms with E-state index in [0.29, 0.717) is 13.2 Å². The lowest BCUT2D eigenvalue weighted by Gasteiger charge is -2.07. The summed E-state index contributed by atoms with van der Waals surface area (Å²) in [6, 6.07) is 7.94. The molecule has 0 aliphatic carbocycles. The Kier molecular flexibility index (Phi) is 2.24. The molecule has 0 radical (unpaired) electrons. The Morgan fingerprint density at radius 3 is 3.06 bits per heavy atom. The van der Waals surface area contributed by atoms with Gasteiger partial charge in [0.2, 0.25) is 0 Å². The average molecular weight is 231 g/mol. The van der Waals surface area contributed by atoms with Gasteiger partial charge >= 0.3 is 5.69 Å². The third kappa shape index (κ3) is 1.63. The zero-order valence-corrected chi connectivity index (χ0v) is 9.54. The lowest BCUT2D eigenvalue weighted by atomic mass is 10.0. The number of hydrogen-bond acceptors (Lipinski definition) is 3. The summed E-state index contributed by atoms with van der Waals surface area (Å²) in [5, 5.41) is 4.06. The van der Waals surface area contributed by atoms with Gasteiger partial charge in [0.05, 0.1) is 13.2 Å². The summed E-state index contributed by atoms with van der Waals surface area (Å²) in [6.07, 6.45) is 1.53. The second kappa shape index (κ2) is 3.76. The molecule has 88 valence electrons. The number of nitrogens with zero attached hydrogens (tertiary/aromatic N) is 3. The number of aromatic nitrogens is 3. The fourth-order valence-corrected chi connectivity index (χ4v) is 2.14. The molecule has 0 N–H and O–H groups in total. The van der Waals surface area contributed by atoms with Crippen LogP contribution in [0.3, 0.4) is 0 Å². The third-order valence-electron chi connectivity index (χ3n) is 3.08. The lowest BCUT2D eigenvalue weighted by Crippen LogP contribution is -2.26. The van der Waals surface area contributed by atoms with Crippen LogP contribution in [0, 0.1) is 0 Å². The molecule has 3 rings (SSSR count). The van der Waals surface area contributed by atoms with Crippen LogP contribution in [0.25, 0.3) is 0 Å². The molecule has 2 heterocycles. The van der Waals surface area contributed by atoms with Gasteiger partial charge in [-0.05, 0) is 6.07 Å². The van der Waals surface area contributed by atoms with Crippen molar-refractivity contribution in [1.29, 1.82) is 0 Å². The quantitative estimate of drug-likeness (QED) is 0.766. The van der Waals surface area contributed by atoms with Crippen molar-refractivity contribution in [2.24, 2.45) is 7.05 Å². The van der Waals surface area contributed by atoms with E-state index in [0.717, 1.165) is 11.3 Å². The summed E-state index contributed by atoms with van der Waals surface area (Å²) < 4.78 is 8.54. The van der Waals surface area contributed by atoms with E-state index in [1.807, 2.05) is 24.3 Å². The Hall–Kier alpha value is -2.04. The highest BCUT2D eigenvalue weighted by atomic mass is 16.5. The van der Waals surface area contributed by atoms with E-state index in [-0.39, 0.29) is 11.6 Å². The first kappa shape index (κ1) is 10.1. The van der Waals surface area contributed by atoms with Crippen LogP contribution in [0.4, 0.5) is 0 Å². The van der Waals surface area contributed by atoms with Crippen molar-refractivity contribution in [3.8, 4) is 5.75 Å². The van der Waals surface area contributed by atoms with Crippen molar-refractivity contribution >= 4 is 0 Å². The van der Waals surface area contributed by atoms with Crippen LogP contribution in [0.15, 0.2) is 35.4 Å². The molecule has 1 aliphatic rings. The predicted molar refractivity (Wildman–Crippen MR) is 62.1 cm³/mol. The summed E-state index contributed by atoms with van der Waals surface area (Å²) in [4.78, 5) is 11.7. The van der Waals surface area contributed by atoms with Gasteiger partial charge in [0.1, 0.15) is 12.1 Å². The minimum Gasteiger partial charge on any atom is -0.493 e. The van der Waals surface area contributed by atoms with Crippen LogP contribution in [-0.2, 0) is 13.6 Å². The fourth-order valence-electron chi connectivity index (χ4n) is 2.14. The summed E-state index contributed by atoms with van der Waals surface area (Å²) in [6.45, 7) is 1.18. The maximum absolute atomic E-state index is 11.7. The highest BCUT2D eigenvalue weighted by Gasteiger charge is 2.24. The molecule has 0 fully saturated rings. The molecule has 0 saturated heterocycles. The number of rotatable bonds is 2. The Labute approximate surface area is 98.3 Å². The van der Waals surface area contributed by atoms with Crippen LogP contribution >= 0.6 is 0 Å². The molecule has 0 bridgehead atoms. The molecular weight excluding hydrogens is 218 g/mol. The van der Waals surface area contributed by atoms with Gasteiger partial charge in [0.15, 0.2) is 0 Å². The summed E-state index contributed by atoms with van der Waals surface area (Å²) >= 11 is 0. The molecule has 17 heavy (non-hydrogen) atoms. The number of aryl methyl sites for hydroxylation is 1. The van der Waals surface area contributed by atoms with Crippen molar-refractivity contribution in [1.82, 2.24) is 14.3 Å². The summed E-state index contributed by atoms with van der Waals surface area (Å²) in [5.74, 6) is 1.13. The van der Waals surface area contributed by atoms with E-state index >= 15 is 0 Å². The maximum atomic E-state index is 11.7. The van der Waals surface area contributed by atoms with Crippen LogP contribution in [0.1, 0.15) is 11.5 Å². The highest BCUT2D eigenvalue weighted by molar-refractivity contribution is 5.39. The van der Waals surface area contributed by atoms with Crippen molar-refractivity contribution in [2.75, 3.05) is 6.61 Å². The van der Waals surface area contributed by atoms with Gasteiger partial charge in [-0.3, -0.25) is 4.57 Å². The highest BCUT2D eigenvalue weighted by Crippen LogP contribution is 2.33. The van der Waals surface area contributed by atoms with Gasteiger partial charge in [0, 0.05) is 18.5 Å². The first-order valence-corrected chi connectivity index (χ1v) is 5.56. The Bertz CT molecular complexity index is 600. The van der Waals surface area contributed by atoms with E-state index in [1.54, 1.807) is 7.05 Å². The third-order valence-corrected chi connectivity index (χ3v) is 3.08. The predicted octanol–water partition coefficient (Wildman–Crippen LogP) is 0.758. The number of ether oxygens (including phenoxy) is 1. The van der Waals surface area contributed by atoms with Gasteiger partial charge < -0.3 is 4.74 Å². The Morgan fingerprint density at radius 2 is 2.29 bits per heavy atom. The van der Waals surface area contributed by atoms with E-state index < -0.39 is 0 Å². The van der Waals surface area contributed by atoms with Gasteiger partial charge in [-0.15, -0.1) is 0 Å². The minimum atomic E-state index is -0.0885. The molecule has 1 aliphatic heterocycles. The van der Waals surface area contributed by atoms with Crippen molar-refractivity contribution in [2.45, 2.75) is 12.5 Å². The zero-order chi connectivity index (χ0) is 11.8. The topological polar surface area (TPSA) is 49.0 Å². The Morgan fingerprint density at radius 1 is 1.47 bits per heavy atom. The number of hydrogen-bond donors (Lipinski definition) is 0. The smallest absolute Gasteiger partial charge is 0.345 e. The van der Waals surface area contributed by atoms with Gasteiger partial charge in [0.25, 0.3) is 0 Å². The zero-order valence-electron chi connectivity index (χ0n) is 9.54. The van der Waals surface area contributed by atoms with E-state index in [9.17, 15) is 4.79 Å². The normalized spacial score (nSPS) is 17.8. The second-order valence-corrected chi connectivity index (χ2v) is 4.25. The number of fused-ring (bicyclic) bond motifs is 1. The molecular formula is C12H13N3O2. The molecule has 1 atom stereocenters. The molecule has 0 saturated carbocycles. The molecule has 2 aromatic rings. The average Bonchev–Trinajstić information content (AvgIpc) is 2.89. The monoisotopic (exact) mass is 231 g/mol. The summed E-state index contributed by atoms with van der Waals surface area (Å²) in [5.41, 5.74) is 1.07. The molecule has 1 aromatic heterocycles. The molecule has 0 spiro atoms. The van der Waals surface area contributed by atoms with Crippen molar-refractivity contribution in [3.63, 3.8) is 0 Å². The van der Waals surface area contributed by atoms with Crippen LogP contribution in [0.5, 0.6) is 5.75 Å².